The van der Waals surface area contributed by atoms with Gasteiger partial charge in [-0.2, -0.15) is 0 Å². The summed E-state index contributed by atoms with van der Waals surface area (Å²) in [6.45, 7) is 3.52. The first kappa shape index (κ1) is 13.7. The van der Waals surface area contributed by atoms with Gasteiger partial charge in [0, 0.05) is 12.7 Å². The van der Waals surface area contributed by atoms with Crippen LogP contribution in [0.2, 0.25) is 5.02 Å². The number of hydrogen-bond acceptors (Lipinski definition) is 3. The molecule has 0 atom stereocenters. The van der Waals surface area contributed by atoms with Crippen molar-refractivity contribution >= 4 is 17.4 Å². The van der Waals surface area contributed by atoms with E-state index < -0.39 is 0 Å². The molecule has 0 bridgehead atoms. The maximum absolute atomic E-state index is 6.04. The molecule has 0 aliphatic heterocycles. The third kappa shape index (κ3) is 4.14. The molecule has 0 saturated heterocycles. The summed E-state index contributed by atoms with van der Waals surface area (Å²) in [6.07, 6.45) is 2.85. The van der Waals surface area contributed by atoms with Crippen molar-refractivity contribution in [2.24, 2.45) is 0 Å². The second-order valence-electron chi connectivity index (χ2n) is 4.20. The Labute approximate surface area is 118 Å². The molecular weight excluding hydrogens is 260 g/mol. The molecule has 0 aliphatic rings. The number of aromatic nitrogens is 1. The lowest BCUT2D eigenvalue weighted by molar-refractivity contribution is 0.306. The normalized spacial score (nSPS) is 10.2. The number of para-hydroxylation sites is 1. The Balaban J connectivity index is 1.98. The minimum atomic E-state index is 0.479. The number of hydrogen-bond donors (Lipinski definition) is 1. The summed E-state index contributed by atoms with van der Waals surface area (Å²) in [5, 5.41) is 3.88. The predicted octanol–water partition coefficient (Wildman–Crippen LogP) is 4.14. The highest BCUT2D eigenvalue weighted by Crippen LogP contribution is 2.24. The topological polar surface area (TPSA) is 34.1 Å². The molecule has 0 spiro atoms. The van der Waals surface area contributed by atoms with Crippen molar-refractivity contribution < 1.29 is 4.74 Å². The zero-order valence-electron chi connectivity index (χ0n) is 10.9. The monoisotopic (exact) mass is 276 g/mol. The Morgan fingerprint density at radius 3 is 2.89 bits per heavy atom. The van der Waals surface area contributed by atoms with Gasteiger partial charge in [0.25, 0.3) is 0 Å². The Kier molecular flexibility index (Phi) is 5.04. The summed E-state index contributed by atoms with van der Waals surface area (Å²) < 4.78 is 5.69. The number of benzene rings is 1. The number of pyridine rings is 1. The first-order chi connectivity index (χ1) is 9.29. The van der Waals surface area contributed by atoms with Gasteiger partial charge in [-0.3, -0.25) is 0 Å². The van der Waals surface area contributed by atoms with Crippen molar-refractivity contribution in [1.29, 1.82) is 0 Å². The standard InChI is InChI=1S/C15H17ClN2O/c1-2-8-17-15-10-12(7-9-18-15)11-19-14-6-4-3-5-13(14)16/h3-7,9-10H,2,8,11H2,1H3,(H,17,18). The maximum Gasteiger partial charge on any atom is 0.138 e. The maximum atomic E-state index is 6.04. The first-order valence-electron chi connectivity index (χ1n) is 6.35. The van der Waals surface area contributed by atoms with E-state index in [9.17, 15) is 0 Å². The Bertz CT molecular complexity index is 531. The lowest BCUT2D eigenvalue weighted by Crippen LogP contribution is -2.03. The molecule has 0 unspecified atom stereocenters. The number of anilines is 1. The second kappa shape index (κ2) is 7.00. The first-order valence-corrected chi connectivity index (χ1v) is 6.73. The zero-order chi connectivity index (χ0) is 13.5. The van der Waals surface area contributed by atoms with E-state index in [2.05, 4.69) is 17.2 Å². The molecule has 100 valence electrons. The van der Waals surface area contributed by atoms with Gasteiger partial charge >= 0.3 is 0 Å². The molecule has 1 aromatic carbocycles. The smallest absolute Gasteiger partial charge is 0.138 e. The number of nitrogens with one attached hydrogen (secondary N) is 1. The fraction of sp³-hybridized carbons (Fsp3) is 0.267. The van der Waals surface area contributed by atoms with Crippen LogP contribution in [0, 0.1) is 0 Å². The average molecular weight is 277 g/mol. The van der Waals surface area contributed by atoms with Crippen LogP contribution in [0.3, 0.4) is 0 Å². The molecule has 0 saturated carbocycles. The van der Waals surface area contributed by atoms with Gasteiger partial charge in [0.15, 0.2) is 0 Å². The summed E-state index contributed by atoms with van der Waals surface area (Å²) in [4.78, 5) is 4.26. The van der Waals surface area contributed by atoms with E-state index in [-0.39, 0.29) is 0 Å². The van der Waals surface area contributed by atoms with E-state index in [4.69, 9.17) is 16.3 Å². The molecule has 0 aliphatic carbocycles. The quantitative estimate of drug-likeness (QED) is 0.861. The Morgan fingerprint density at radius 2 is 2.11 bits per heavy atom. The van der Waals surface area contributed by atoms with Gasteiger partial charge in [-0.1, -0.05) is 30.7 Å². The summed E-state index contributed by atoms with van der Waals surface area (Å²) in [5.74, 6) is 1.58. The molecular formula is C15H17ClN2O. The van der Waals surface area contributed by atoms with Crippen LogP contribution in [-0.4, -0.2) is 11.5 Å². The summed E-state index contributed by atoms with van der Waals surface area (Å²) in [5.41, 5.74) is 1.06. The number of nitrogens with zero attached hydrogens (tertiary/aromatic N) is 1. The van der Waals surface area contributed by atoms with Gasteiger partial charge in [0.1, 0.15) is 18.2 Å². The zero-order valence-corrected chi connectivity index (χ0v) is 11.7. The Hall–Kier alpha value is -1.74. The largest absolute Gasteiger partial charge is 0.487 e. The molecule has 1 heterocycles. The molecule has 19 heavy (non-hydrogen) atoms. The number of rotatable bonds is 6. The van der Waals surface area contributed by atoms with Gasteiger partial charge in [0.2, 0.25) is 0 Å². The highest BCUT2D eigenvalue weighted by molar-refractivity contribution is 6.32. The summed E-state index contributed by atoms with van der Waals surface area (Å²) >= 11 is 6.04. The second-order valence-corrected chi connectivity index (χ2v) is 4.60. The highest BCUT2D eigenvalue weighted by Gasteiger charge is 2.01. The molecule has 1 aromatic heterocycles. The molecule has 4 heteroatoms. The third-order valence-corrected chi connectivity index (χ3v) is 2.92. The van der Waals surface area contributed by atoms with Crippen molar-refractivity contribution in [2.45, 2.75) is 20.0 Å². The van der Waals surface area contributed by atoms with Gasteiger partial charge in [0.05, 0.1) is 5.02 Å². The molecule has 2 aromatic rings. The average Bonchev–Trinajstić information content (AvgIpc) is 2.45. The molecule has 0 fully saturated rings. The van der Waals surface area contributed by atoms with E-state index >= 15 is 0 Å². The van der Waals surface area contributed by atoms with E-state index in [0.29, 0.717) is 17.4 Å². The van der Waals surface area contributed by atoms with E-state index in [1.807, 2.05) is 36.4 Å². The molecule has 3 nitrogen and oxygen atoms in total. The van der Waals surface area contributed by atoms with E-state index in [1.165, 1.54) is 0 Å². The van der Waals surface area contributed by atoms with Crippen LogP contribution in [0.4, 0.5) is 5.82 Å². The van der Waals surface area contributed by atoms with Crippen LogP contribution in [0.25, 0.3) is 0 Å². The number of halogens is 1. The molecule has 0 amide bonds. The van der Waals surface area contributed by atoms with Crippen molar-refractivity contribution in [3.63, 3.8) is 0 Å². The lowest BCUT2D eigenvalue weighted by Gasteiger charge is -2.09. The number of ether oxygens (including phenoxy) is 1. The Morgan fingerprint density at radius 1 is 1.26 bits per heavy atom. The lowest BCUT2D eigenvalue weighted by atomic mass is 10.2. The molecule has 1 N–H and O–H groups in total. The van der Waals surface area contributed by atoms with Crippen LogP contribution in [-0.2, 0) is 6.61 Å². The van der Waals surface area contributed by atoms with Crippen LogP contribution in [0.1, 0.15) is 18.9 Å². The van der Waals surface area contributed by atoms with Crippen molar-refractivity contribution in [2.75, 3.05) is 11.9 Å². The van der Waals surface area contributed by atoms with Crippen LogP contribution >= 0.6 is 11.6 Å². The van der Waals surface area contributed by atoms with Crippen molar-refractivity contribution in [3.05, 3.63) is 53.2 Å². The fourth-order valence-corrected chi connectivity index (χ4v) is 1.83. The van der Waals surface area contributed by atoms with Crippen molar-refractivity contribution in [3.8, 4) is 5.75 Å². The van der Waals surface area contributed by atoms with Crippen LogP contribution < -0.4 is 10.1 Å². The third-order valence-electron chi connectivity index (χ3n) is 2.61. The van der Waals surface area contributed by atoms with Crippen molar-refractivity contribution in [1.82, 2.24) is 4.98 Å². The highest BCUT2D eigenvalue weighted by atomic mass is 35.5. The minimum Gasteiger partial charge on any atom is -0.487 e. The van der Waals surface area contributed by atoms with Gasteiger partial charge in [-0.25, -0.2) is 4.98 Å². The van der Waals surface area contributed by atoms with Gasteiger partial charge in [-0.15, -0.1) is 0 Å². The van der Waals surface area contributed by atoms with Gasteiger partial charge < -0.3 is 10.1 Å². The molecule has 0 radical (unpaired) electrons. The summed E-state index contributed by atoms with van der Waals surface area (Å²) in [6, 6.07) is 11.4. The van der Waals surface area contributed by atoms with E-state index in [0.717, 1.165) is 24.3 Å². The predicted molar refractivity (Wildman–Crippen MR) is 78.8 cm³/mol. The van der Waals surface area contributed by atoms with Crippen LogP contribution in [0.5, 0.6) is 5.75 Å². The fourth-order valence-electron chi connectivity index (χ4n) is 1.64. The molecule has 2 rings (SSSR count). The van der Waals surface area contributed by atoms with Crippen LogP contribution in [0.15, 0.2) is 42.6 Å². The van der Waals surface area contributed by atoms with Gasteiger partial charge in [-0.05, 0) is 36.2 Å². The summed E-state index contributed by atoms with van der Waals surface area (Å²) in [7, 11) is 0. The SMILES string of the molecule is CCCNc1cc(COc2ccccc2Cl)ccn1. The van der Waals surface area contributed by atoms with E-state index in [1.54, 1.807) is 6.20 Å². The minimum absolute atomic E-state index is 0.479.